The molecule has 3 heterocycles. The Labute approximate surface area is 321 Å². The van der Waals surface area contributed by atoms with Crippen molar-refractivity contribution in [3.05, 3.63) is 175 Å². The fraction of sp³-hybridized carbons (Fsp3) is 0.0238. The van der Waals surface area contributed by atoms with Gasteiger partial charge in [0.25, 0.3) is 29.2 Å². The SMILES string of the molecule is NNc1ccccc1.O=C1Nc2ccccc2C1(O)NNc1ccccc1.O=C1Nc2ccccc2C1=O.Oc1[nH]c2ccccc2c1[NH+]=Nc1ccccc1. The molecule has 2 amide bonds. The van der Waals surface area contributed by atoms with E-state index in [9.17, 15) is 24.6 Å². The zero-order valence-corrected chi connectivity index (χ0v) is 29.7. The zero-order chi connectivity index (χ0) is 39.3. The van der Waals surface area contributed by atoms with Gasteiger partial charge in [-0.15, -0.1) is 0 Å². The van der Waals surface area contributed by atoms with E-state index in [4.69, 9.17) is 5.84 Å². The zero-order valence-electron chi connectivity index (χ0n) is 29.7. The predicted octanol–water partition coefficient (Wildman–Crippen LogP) is 5.56. The van der Waals surface area contributed by atoms with Gasteiger partial charge >= 0.3 is 0 Å². The fourth-order valence-corrected chi connectivity index (χ4v) is 5.54. The number of carbonyl (C=O) groups is 3. The molecular formula is C42H38N9O5+. The number of nitrogens with one attached hydrogen (secondary N) is 7. The summed E-state index contributed by atoms with van der Waals surface area (Å²) in [4.78, 5) is 36.6. The number of hydrogen-bond acceptors (Lipinski definition) is 10. The number of nitrogens with zero attached hydrogens (tertiary/aromatic N) is 1. The highest BCUT2D eigenvalue weighted by Gasteiger charge is 2.45. The van der Waals surface area contributed by atoms with E-state index in [1.165, 1.54) is 0 Å². The topological polar surface area (TPSA) is 220 Å². The van der Waals surface area contributed by atoms with E-state index in [0.717, 1.165) is 28.0 Å². The van der Waals surface area contributed by atoms with Crippen LogP contribution in [0.3, 0.4) is 0 Å². The molecule has 1 aromatic heterocycles. The molecule has 11 N–H and O–H groups in total. The van der Waals surface area contributed by atoms with Crippen LogP contribution in [0.2, 0.25) is 0 Å². The molecule has 14 nitrogen and oxygen atoms in total. The van der Waals surface area contributed by atoms with Gasteiger partial charge in [0, 0.05) is 22.6 Å². The third-order valence-corrected chi connectivity index (χ3v) is 8.36. The molecule has 0 spiro atoms. The summed E-state index contributed by atoms with van der Waals surface area (Å²) in [5.41, 5.74) is 12.4. The number of carbonyl (C=O) groups excluding carboxylic acids is 3. The first-order valence-corrected chi connectivity index (χ1v) is 17.3. The summed E-state index contributed by atoms with van der Waals surface area (Å²) in [6.45, 7) is 0. The number of fused-ring (bicyclic) bond motifs is 3. The smallest absolute Gasteiger partial charge is 0.298 e. The van der Waals surface area contributed by atoms with Crippen molar-refractivity contribution in [3.8, 4) is 5.88 Å². The Kier molecular flexibility index (Phi) is 12.2. The van der Waals surface area contributed by atoms with Crippen LogP contribution in [0.15, 0.2) is 169 Å². The number of hydrazine groups is 2. The van der Waals surface area contributed by atoms with Gasteiger partial charge in [0.15, 0.2) is 0 Å². The average Bonchev–Trinajstić information content (AvgIpc) is 3.83. The lowest BCUT2D eigenvalue weighted by atomic mass is 10.1. The van der Waals surface area contributed by atoms with E-state index in [1.54, 1.807) is 48.5 Å². The molecule has 0 bridgehead atoms. The number of benzene rings is 6. The van der Waals surface area contributed by atoms with Crippen LogP contribution in [0.25, 0.3) is 10.9 Å². The number of aromatic hydroxyl groups is 1. The van der Waals surface area contributed by atoms with Gasteiger partial charge in [-0.2, -0.15) is 5.43 Å². The van der Waals surface area contributed by atoms with Gasteiger partial charge in [0.2, 0.25) is 5.72 Å². The largest absolute Gasteiger partial charge is 0.490 e. The van der Waals surface area contributed by atoms with Crippen LogP contribution >= 0.6 is 0 Å². The van der Waals surface area contributed by atoms with Crippen LogP contribution in [0.1, 0.15) is 15.9 Å². The molecule has 1 atom stereocenters. The third-order valence-electron chi connectivity index (χ3n) is 8.36. The lowest BCUT2D eigenvalue weighted by Gasteiger charge is -2.23. The molecule has 6 aromatic carbocycles. The van der Waals surface area contributed by atoms with Crippen LogP contribution in [-0.4, -0.2) is 32.8 Å². The maximum Gasteiger partial charge on any atom is 0.298 e. The van der Waals surface area contributed by atoms with Crippen LogP contribution in [0, 0.1) is 0 Å². The number of Topliss-reactive ketones (excluding diaryl/α,β-unsaturated/α-hetero) is 1. The molecule has 2 aliphatic rings. The van der Waals surface area contributed by atoms with E-state index in [0.29, 0.717) is 28.2 Å². The van der Waals surface area contributed by atoms with E-state index >= 15 is 0 Å². The number of rotatable bonds is 6. The van der Waals surface area contributed by atoms with E-state index in [2.05, 4.69) is 42.1 Å². The number of nitrogen functional groups attached to an aromatic ring is 1. The minimum atomic E-state index is -1.77. The minimum absolute atomic E-state index is 0.0934. The molecule has 0 fully saturated rings. The minimum Gasteiger partial charge on any atom is -0.490 e. The van der Waals surface area contributed by atoms with Crippen LogP contribution < -0.4 is 37.9 Å². The van der Waals surface area contributed by atoms with Crippen molar-refractivity contribution < 1.29 is 29.7 Å². The standard InChI is InChI=1S/C14H13N3O2.C14H11N3O.C8H5NO2.C6H8N2/c18-13-14(19,11-8-4-5-9-12(11)15-13)17-16-10-6-2-1-3-7-10;18-14-13(11-8-4-5-9-12(11)15-14)17-16-10-6-2-1-3-7-10;10-7-5-3-1-2-4-6(5)9-8(7)11;7-8-6-4-2-1-3-5-6/h1-9,16-17,19H,(H,15,18);1-9,15,18H;1-4H,(H,9,10,11);1-5,8H,7H2/p+1. The Morgan fingerprint density at radius 1 is 0.643 bits per heavy atom. The normalized spacial score (nSPS) is 14.8. The van der Waals surface area contributed by atoms with Gasteiger partial charge in [0.05, 0.1) is 22.2 Å². The molecule has 1 unspecified atom stereocenters. The van der Waals surface area contributed by atoms with Crippen molar-refractivity contribution in [2.75, 3.05) is 21.5 Å². The van der Waals surface area contributed by atoms with E-state index in [-0.39, 0.29) is 5.88 Å². The van der Waals surface area contributed by atoms with Crippen LogP contribution in [0.5, 0.6) is 5.88 Å². The first-order valence-electron chi connectivity index (χ1n) is 17.3. The molecule has 0 radical (unpaired) electrons. The summed E-state index contributed by atoms with van der Waals surface area (Å²) in [5, 5.41) is 33.5. The molecule has 9 rings (SSSR count). The Bertz CT molecular complexity index is 2460. The first-order chi connectivity index (χ1) is 27.3. The van der Waals surface area contributed by atoms with Gasteiger partial charge in [-0.05, 0) is 71.8 Å². The maximum absolute atomic E-state index is 11.9. The van der Waals surface area contributed by atoms with Gasteiger partial charge in [-0.3, -0.25) is 20.2 Å². The highest BCUT2D eigenvalue weighted by atomic mass is 16.3. The van der Waals surface area contributed by atoms with E-state index < -0.39 is 23.3 Å². The monoisotopic (exact) mass is 748 g/mol. The van der Waals surface area contributed by atoms with Gasteiger partial charge in [0.1, 0.15) is 5.69 Å². The Hall–Kier alpha value is -7.65. The van der Waals surface area contributed by atoms with Crippen molar-refractivity contribution in [1.29, 1.82) is 0 Å². The molecular weight excluding hydrogens is 711 g/mol. The van der Waals surface area contributed by atoms with E-state index in [1.807, 2.05) is 115 Å². The Morgan fingerprint density at radius 3 is 1.88 bits per heavy atom. The molecule has 14 heteroatoms. The van der Waals surface area contributed by atoms with Gasteiger partial charge < -0.3 is 36.7 Å². The number of aliphatic hydroxyl groups is 1. The molecule has 0 saturated carbocycles. The number of aromatic nitrogens is 1. The second-order valence-corrected chi connectivity index (χ2v) is 12.1. The number of aromatic amines is 1. The van der Waals surface area contributed by atoms with Crippen molar-refractivity contribution in [2.24, 2.45) is 11.0 Å². The number of H-pyrrole nitrogens is 1. The fourth-order valence-electron chi connectivity index (χ4n) is 5.54. The summed E-state index contributed by atoms with van der Waals surface area (Å²) in [6.07, 6.45) is 0. The summed E-state index contributed by atoms with van der Waals surface area (Å²) >= 11 is 0. The number of ketones is 1. The Morgan fingerprint density at radius 2 is 1.21 bits per heavy atom. The lowest BCUT2D eigenvalue weighted by molar-refractivity contribution is -0.432. The average molecular weight is 749 g/mol. The Balaban J connectivity index is 0.000000133. The van der Waals surface area contributed by atoms with Crippen LogP contribution in [-0.2, 0) is 15.3 Å². The summed E-state index contributed by atoms with van der Waals surface area (Å²) in [5.74, 6) is 3.71. The van der Waals surface area contributed by atoms with Crippen molar-refractivity contribution in [1.82, 2.24) is 10.4 Å². The molecule has 280 valence electrons. The van der Waals surface area contributed by atoms with Crippen molar-refractivity contribution in [2.45, 2.75) is 5.72 Å². The van der Waals surface area contributed by atoms with Crippen LogP contribution in [0.4, 0.5) is 34.1 Å². The molecule has 2 aliphatic heterocycles. The highest BCUT2D eigenvalue weighted by molar-refractivity contribution is 6.51. The lowest BCUT2D eigenvalue weighted by Crippen LogP contribution is -2.57. The molecule has 0 aliphatic carbocycles. The molecule has 7 aromatic rings. The third kappa shape index (κ3) is 9.10. The molecule has 56 heavy (non-hydrogen) atoms. The highest BCUT2D eigenvalue weighted by Crippen LogP contribution is 2.33. The summed E-state index contributed by atoms with van der Waals surface area (Å²) in [7, 11) is 0. The second-order valence-electron chi connectivity index (χ2n) is 12.1. The number of nitrogens with two attached hydrogens (primary N) is 1. The van der Waals surface area contributed by atoms with Crippen molar-refractivity contribution >= 4 is 62.6 Å². The first kappa shape index (κ1) is 38.1. The quantitative estimate of drug-likeness (QED) is 0.0338. The number of para-hydroxylation sites is 6. The number of amides is 2. The maximum atomic E-state index is 11.9. The van der Waals surface area contributed by atoms with Gasteiger partial charge in [-0.25, -0.2) is 0 Å². The number of hydrogen-bond donors (Lipinski definition) is 10. The van der Waals surface area contributed by atoms with Crippen molar-refractivity contribution in [3.63, 3.8) is 0 Å². The molecule has 0 saturated heterocycles. The predicted molar refractivity (Wildman–Crippen MR) is 215 cm³/mol. The summed E-state index contributed by atoms with van der Waals surface area (Å²) < 4.78 is 0. The number of azo groups is 1. The second kappa shape index (κ2) is 17.9. The van der Waals surface area contributed by atoms with Gasteiger partial charge in [-0.1, -0.05) is 102 Å². The summed E-state index contributed by atoms with van der Waals surface area (Å²) in [6, 6.07) is 49.9. The number of anilines is 4.